The molecule has 1 aromatic heterocycles. The van der Waals surface area contributed by atoms with E-state index in [0.29, 0.717) is 16.9 Å². The van der Waals surface area contributed by atoms with E-state index in [0.717, 1.165) is 4.68 Å². The maximum Gasteiger partial charge on any atom is 0.377 e. The van der Waals surface area contributed by atoms with Crippen molar-refractivity contribution < 1.29 is 4.79 Å². The van der Waals surface area contributed by atoms with Gasteiger partial charge in [-0.25, -0.2) is 9.59 Å². The van der Waals surface area contributed by atoms with E-state index in [1.165, 1.54) is 4.90 Å². The quantitative estimate of drug-likeness (QED) is 0.656. The standard InChI is InChI=1S/C16H13Cl2N5O2/c1-2-21(11-7-4-3-5-8-11)15(24)23-16(25)22(19-20-23)14-12(17)9-6-10-13(14)18/h3-10H,2H2,1H3. The van der Waals surface area contributed by atoms with Gasteiger partial charge in [0.05, 0.1) is 10.0 Å². The highest BCUT2D eigenvalue weighted by Crippen LogP contribution is 2.26. The third-order valence-corrected chi connectivity index (χ3v) is 4.14. The van der Waals surface area contributed by atoms with Gasteiger partial charge in [-0.3, -0.25) is 4.90 Å². The molecule has 0 saturated carbocycles. The summed E-state index contributed by atoms with van der Waals surface area (Å²) in [4.78, 5) is 26.7. The molecular formula is C16H13Cl2N5O2. The summed E-state index contributed by atoms with van der Waals surface area (Å²) in [6, 6.07) is 13.1. The summed E-state index contributed by atoms with van der Waals surface area (Å²) >= 11 is 12.2. The molecule has 0 aliphatic carbocycles. The minimum atomic E-state index is -0.755. The molecule has 0 unspecified atom stereocenters. The molecule has 3 rings (SSSR count). The number of amides is 1. The second-order valence-corrected chi connectivity index (χ2v) is 5.83. The van der Waals surface area contributed by atoms with Gasteiger partial charge < -0.3 is 0 Å². The Hall–Kier alpha value is -2.64. The molecule has 0 aliphatic heterocycles. The van der Waals surface area contributed by atoms with Crippen LogP contribution in [0, 0.1) is 0 Å². The number of hydrogen-bond donors (Lipinski definition) is 0. The van der Waals surface area contributed by atoms with Crippen LogP contribution in [0.1, 0.15) is 6.92 Å². The Morgan fingerprint density at radius 2 is 1.68 bits per heavy atom. The van der Waals surface area contributed by atoms with Crippen LogP contribution in [-0.2, 0) is 0 Å². The van der Waals surface area contributed by atoms with Gasteiger partial charge in [-0.1, -0.05) is 47.5 Å². The second kappa shape index (κ2) is 7.08. The topological polar surface area (TPSA) is 73.0 Å². The van der Waals surface area contributed by atoms with Crippen molar-refractivity contribution in [3.63, 3.8) is 0 Å². The summed E-state index contributed by atoms with van der Waals surface area (Å²) in [5.74, 6) is 0. The maximum atomic E-state index is 12.7. The highest BCUT2D eigenvalue weighted by atomic mass is 35.5. The Labute approximate surface area is 153 Å². The largest absolute Gasteiger partial charge is 0.377 e. The van der Waals surface area contributed by atoms with E-state index < -0.39 is 11.7 Å². The van der Waals surface area contributed by atoms with Crippen molar-refractivity contribution in [2.45, 2.75) is 6.92 Å². The molecule has 0 aliphatic rings. The SMILES string of the molecule is CCN(C(=O)n1nnn(-c2c(Cl)cccc2Cl)c1=O)c1ccccc1. The van der Waals surface area contributed by atoms with Gasteiger partial charge in [-0.05, 0) is 41.6 Å². The Bertz CT molecular complexity index is 948. The number of hydrogen-bond acceptors (Lipinski definition) is 4. The molecule has 1 amide bonds. The number of carbonyl (C=O) groups is 1. The van der Waals surface area contributed by atoms with Crippen molar-refractivity contribution in [1.29, 1.82) is 0 Å². The van der Waals surface area contributed by atoms with Gasteiger partial charge in [-0.2, -0.15) is 4.68 Å². The Morgan fingerprint density at radius 3 is 2.28 bits per heavy atom. The summed E-state index contributed by atoms with van der Waals surface area (Å²) < 4.78 is 1.58. The van der Waals surface area contributed by atoms with Crippen molar-refractivity contribution >= 4 is 34.9 Å². The smallest absolute Gasteiger partial charge is 0.293 e. The van der Waals surface area contributed by atoms with Gasteiger partial charge in [0, 0.05) is 12.2 Å². The van der Waals surface area contributed by atoms with Crippen LogP contribution in [0.4, 0.5) is 10.5 Å². The molecule has 0 radical (unpaired) electrons. The van der Waals surface area contributed by atoms with Gasteiger partial charge in [-0.15, -0.1) is 4.68 Å². The van der Waals surface area contributed by atoms with E-state index in [2.05, 4.69) is 10.4 Å². The fraction of sp³-hybridized carbons (Fsp3) is 0.125. The molecule has 0 N–H and O–H groups in total. The molecule has 0 spiro atoms. The predicted octanol–water partition coefficient (Wildman–Crippen LogP) is 3.23. The number of nitrogens with zero attached hydrogens (tertiary/aromatic N) is 5. The van der Waals surface area contributed by atoms with Crippen molar-refractivity contribution in [1.82, 2.24) is 19.8 Å². The highest BCUT2D eigenvalue weighted by Gasteiger charge is 2.23. The van der Waals surface area contributed by atoms with E-state index in [1.807, 2.05) is 6.07 Å². The Morgan fingerprint density at radius 1 is 1.04 bits per heavy atom. The zero-order valence-corrected chi connectivity index (χ0v) is 14.6. The first kappa shape index (κ1) is 17.2. The molecule has 2 aromatic carbocycles. The Balaban J connectivity index is 2.04. The second-order valence-electron chi connectivity index (χ2n) is 5.02. The molecule has 0 bridgehead atoms. The number of para-hydroxylation sites is 2. The van der Waals surface area contributed by atoms with Gasteiger partial charge in [0.25, 0.3) is 0 Å². The summed E-state index contributed by atoms with van der Waals surface area (Å²) in [6.07, 6.45) is 0. The summed E-state index contributed by atoms with van der Waals surface area (Å²) in [5.41, 5.74) is 0.0687. The van der Waals surface area contributed by atoms with Crippen LogP contribution in [0.15, 0.2) is 53.3 Å². The molecule has 0 saturated heterocycles. The molecule has 3 aromatic rings. The average molecular weight is 378 g/mol. The lowest BCUT2D eigenvalue weighted by Crippen LogP contribution is -2.41. The van der Waals surface area contributed by atoms with Gasteiger partial charge in [0.1, 0.15) is 5.69 Å². The fourth-order valence-corrected chi connectivity index (χ4v) is 2.91. The first-order valence-corrected chi connectivity index (χ1v) is 8.16. The molecule has 128 valence electrons. The number of carbonyl (C=O) groups excluding carboxylic acids is 1. The zero-order chi connectivity index (χ0) is 18.0. The van der Waals surface area contributed by atoms with Crippen LogP contribution in [0.3, 0.4) is 0 Å². The van der Waals surface area contributed by atoms with Gasteiger partial charge in [0.2, 0.25) is 0 Å². The summed E-state index contributed by atoms with van der Waals surface area (Å²) in [6.45, 7) is 2.15. The predicted molar refractivity (Wildman–Crippen MR) is 95.9 cm³/mol. The average Bonchev–Trinajstić information content (AvgIpc) is 2.98. The highest BCUT2D eigenvalue weighted by molar-refractivity contribution is 6.37. The number of halogens is 2. The van der Waals surface area contributed by atoms with Crippen LogP contribution < -0.4 is 10.6 Å². The zero-order valence-electron chi connectivity index (χ0n) is 13.1. The normalized spacial score (nSPS) is 10.7. The number of tetrazole rings is 1. The van der Waals surface area contributed by atoms with E-state index >= 15 is 0 Å². The molecule has 0 atom stereocenters. The molecule has 25 heavy (non-hydrogen) atoms. The van der Waals surface area contributed by atoms with Crippen LogP contribution in [0.5, 0.6) is 0 Å². The van der Waals surface area contributed by atoms with E-state index in [4.69, 9.17) is 23.2 Å². The van der Waals surface area contributed by atoms with E-state index in [1.54, 1.807) is 49.4 Å². The minimum Gasteiger partial charge on any atom is -0.293 e. The van der Waals surface area contributed by atoms with Crippen LogP contribution in [0.2, 0.25) is 10.0 Å². The van der Waals surface area contributed by atoms with Gasteiger partial charge >= 0.3 is 11.7 Å². The number of benzene rings is 2. The molecule has 9 heteroatoms. The molecule has 7 nitrogen and oxygen atoms in total. The molecule has 1 heterocycles. The van der Waals surface area contributed by atoms with Gasteiger partial charge in [0.15, 0.2) is 0 Å². The monoisotopic (exact) mass is 377 g/mol. The fourth-order valence-electron chi connectivity index (χ4n) is 2.35. The van der Waals surface area contributed by atoms with Crippen molar-refractivity contribution in [3.8, 4) is 5.69 Å². The maximum absolute atomic E-state index is 12.7. The summed E-state index contributed by atoms with van der Waals surface area (Å²) in [5, 5.41) is 7.87. The first-order chi connectivity index (χ1) is 12.0. The van der Waals surface area contributed by atoms with Crippen LogP contribution >= 0.6 is 23.2 Å². The lowest BCUT2D eigenvalue weighted by Gasteiger charge is -2.19. The minimum absolute atomic E-state index is 0.178. The lowest BCUT2D eigenvalue weighted by atomic mass is 10.3. The molecule has 0 fully saturated rings. The van der Waals surface area contributed by atoms with Crippen molar-refractivity contribution in [2.75, 3.05) is 11.4 Å². The van der Waals surface area contributed by atoms with Crippen LogP contribution in [0.25, 0.3) is 5.69 Å². The molecular weight excluding hydrogens is 365 g/mol. The lowest BCUT2D eigenvalue weighted by molar-refractivity contribution is 0.244. The van der Waals surface area contributed by atoms with Crippen molar-refractivity contribution in [2.24, 2.45) is 0 Å². The number of aromatic nitrogens is 4. The third-order valence-electron chi connectivity index (χ3n) is 3.53. The number of anilines is 1. The third kappa shape index (κ3) is 3.16. The van der Waals surface area contributed by atoms with E-state index in [9.17, 15) is 9.59 Å². The van der Waals surface area contributed by atoms with Crippen molar-refractivity contribution in [3.05, 3.63) is 69.1 Å². The van der Waals surface area contributed by atoms with E-state index in [-0.39, 0.29) is 15.7 Å². The van der Waals surface area contributed by atoms with Crippen LogP contribution in [-0.4, -0.2) is 32.4 Å². The first-order valence-electron chi connectivity index (χ1n) is 7.41. The Kier molecular flexibility index (Phi) is 4.87. The number of rotatable bonds is 3. The summed E-state index contributed by atoms with van der Waals surface area (Å²) in [7, 11) is 0.